The van der Waals surface area contributed by atoms with Crippen LogP contribution < -0.4 is 16.4 Å². The van der Waals surface area contributed by atoms with E-state index in [0.717, 1.165) is 11.4 Å². The second-order valence-corrected chi connectivity index (χ2v) is 4.20. The highest BCUT2D eigenvalue weighted by molar-refractivity contribution is 5.95. The number of hydrogen-bond donors (Lipinski definition) is 3. The lowest BCUT2D eigenvalue weighted by molar-refractivity contribution is -0.123. The first kappa shape index (κ1) is 15.0. The number of aryl methyl sites for hydroxylation is 1. The highest BCUT2D eigenvalue weighted by Crippen LogP contribution is 2.22. The van der Waals surface area contributed by atoms with Crippen molar-refractivity contribution >= 4 is 17.6 Å². The van der Waals surface area contributed by atoms with E-state index in [1.165, 1.54) is 7.05 Å². The van der Waals surface area contributed by atoms with E-state index in [2.05, 4.69) is 15.7 Å². The molecular weight excluding hydrogens is 246 g/mol. The van der Waals surface area contributed by atoms with Crippen LogP contribution in [0.1, 0.15) is 38.2 Å². The standard InChI is InChI=1S/C12H21N5O2/c1-5-8-10(13)9(6-2)17(16-8)7(3)11(18)15-12(19)14-4/h7H,5-6,13H2,1-4H3,(H2,14,15,18,19). The summed E-state index contributed by atoms with van der Waals surface area (Å²) in [5, 5.41) is 8.92. The maximum atomic E-state index is 11.9. The lowest BCUT2D eigenvalue weighted by Crippen LogP contribution is -2.41. The number of nitrogens with one attached hydrogen (secondary N) is 2. The number of hydrogen-bond acceptors (Lipinski definition) is 4. The smallest absolute Gasteiger partial charge is 0.321 e. The van der Waals surface area contributed by atoms with Gasteiger partial charge in [0.15, 0.2) is 0 Å². The summed E-state index contributed by atoms with van der Waals surface area (Å²) in [6, 6.07) is -1.12. The molecule has 19 heavy (non-hydrogen) atoms. The van der Waals surface area contributed by atoms with Gasteiger partial charge in [0.2, 0.25) is 0 Å². The molecule has 1 atom stereocenters. The molecule has 0 aliphatic heterocycles. The Kier molecular flexibility index (Phi) is 4.91. The molecule has 0 saturated carbocycles. The van der Waals surface area contributed by atoms with Gasteiger partial charge >= 0.3 is 6.03 Å². The number of nitrogen functional groups attached to an aromatic ring is 1. The predicted molar refractivity (Wildman–Crippen MR) is 72.7 cm³/mol. The summed E-state index contributed by atoms with van der Waals surface area (Å²) < 4.78 is 1.59. The summed E-state index contributed by atoms with van der Waals surface area (Å²) >= 11 is 0. The summed E-state index contributed by atoms with van der Waals surface area (Å²) in [5.74, 6) is -0.417. The van der Waals surface area contributed by atoms with Crippen LogP contribution in [0.15, 0.2) is 0 Å². The second-order valence-electron chi connectivity index (χ2n) is 4.20. The molecule has 106 valence electrons. The van der Waals surface area contributed by atoms with Crippen LogP contribution in [0.3, 0.4) is 0 Å². The quantitative estimate of drug-likeness (QED) is 0.743. The number of imide groups is 1. The van der Waals surface area contributed by atoms with Crippen LogP contribution in [0, 0.1) is 0 Å². The Morgan fingerprint density at radius 2 is 2.00 bits per heavy atom. The summed E-state index contributed by atoms with van der Waals surface area (Å²) in [5.41, 5.74) is 8.22. The third-order valence-corrected chi connectivity index (χ3v) is 3.01. The van der Waals surface area contributed by atoms with E-state index < -0.39 is 18.0 Å². The summed E-state index contributed by atoms with van der Waals surface area (Å²) in [7, 11) is 1.45. The van der Waals surface area contributed by atoms with Gasteiger partial charge in [0.05, 0.1) is 17.1 Å². The summed E-state index contributed by atoms with van der Waals surface area (Å²) in [4.78, 5) is 23.1. The highest BCUT2D eigenvalue weighted by Gasteiger charge is 2.23. The van der Waals surface area contributed by atoms with Crippen LogP contribution >= 0.6 is 0 Å². The van der Waals surface area contributed by atoms with Crippen LogP contribution in [0.25, 0.3) is 0 Å². The molecule has 3 amide bonds. The maximum absolute atomic E-state index is 11.9. The third kappa shape index (κ3) is 3.04. The largest absolute Gasteiger partial charge is 0.396 e. The molecule has 0 bridgehead atoms. The zero-order chi connectivity index (χ0) is 14.6. The number of urea groups is 1. The first-order valence-corrected chi connectivity index (χ1v) is 6.34. The highest BCUT2D eigenvalue weighted by atomic mass is 16.2. The first-order valence-electron chi connectivity index (χ1n) is 6.34. The predicted octanol–water partition coefficient (Wildman–Crippen LogP) is 0.607. The molecule has 0 saturated heterocycles. The van der Waals surface area contributed by atoms with Crippen LogP contribution in [-0.4, -0.2) is 28.8 Å². The number of aromatic nitrogens is 2. The molecule has 0 aliphatic carbocycles. The SMILES string of the molecule is CCc1nn(C(C)C(=O)NC(=O)NC)c(CC)c1N. The average Bonchev–Trinajstić information content (AvgIpc) is 2.73. The number of nitrogens with two attached hydrogens (primary N) is 1. The van der Waals surface area contributed by atoms with Crippen LogP contribution in [-0.2, 0) is 17.6 Å². The molecule has 1 heterocycles. The zero-order valence-electron chi connectivity index (χ0n) is 11.8. The van der Waals surface area contributed by atoms with Gasteiger partial charge < -0.3 is 11.1 Å². The van der Waals surface area contributed by atoms with Crippen LogP contribution in [0.2, 0.25) is 0 Å². The van der Waals surface area contributed by atoms with Crippen molar-refractivity contribution in [3.8, 4) is 0 Å². The van der Waals surface area contributed by atoms with Crippen LogP contribution in [0.4, 0.5) is 10.5 Å². The Balaban J connectivity index is 3.02. The lowest BCUT2D eigenvalue weighted by Gasteiger charge is -2.14. The van der Waals surface area contributed by atoms with Crippen molar-refractivity contribution < 1.29 is 9.59 Å². The molecular formula is C12H21N5O2. The topological polar surface area (TPSA) is 102 Å². The fourth-order valence-electron chi connectivity index (χ4n) is 1.86. The molecule has 7 heteroatoms. The molecule has 1 unspecified atom stereocenters. The molecule has 0 radical (unpaired) electrons. The number of nitrogens with zero attached hydrogens (tertiary/aromatic N) is 2. The summed E-state index contributed by atoms with van der Waals surface area (Å²) in [6.07, 6.45) is 1.38. The van der Waals surface area contributed by atoms with Crippen molar-refractivity contribution in [2.45, 2.75) is 39.7 Å². The maximum Gasteiger partial charge on any atom is 0.321 e. The van der Waals surface area contributed by atoms with Crippen LogP contribution in [0.5, 0.6) is 0 Å². The molecule has 1 aromatic heterocycles. The van der Waals surface area contributed by atoms with E-state index >= 15 is 0 Å². The van der Waals surface area contributed by atoms with E-state index in [1.807, 2.05) is 13.8 Å². The summed E-state index contributed by atoms with van der Waals surface area (Å²) in [6.45, 7) is 5.59. The number of amides is 3. The molecule has 0 spiro atoms. The van der Waals surface area contributed by atoms with Gasteiger partial charge in [-0.1, -0.05) is 13.8 Å². The van der Waals surface area contributed by atoms with E-state index in [9.17, 15) is 9.59 Å². The van der Waals surface area contributed by atoms with Gasteiger partial charge in [0.1, 0.15) is 6.04 Å². The van der Waals surface area contributed by atoms with E-state index in [-0.39, 0.29) is 0 Å². The van der Waals surface area contributed by atoms with Gasteiger partial charge in [-0.2, -0.15) is 5.10 Å². The second kappa shape index (κ2) is 6.21. The molecule has 1 rings (SSSR count). The van der Waals surface area contributed by atoms with Crippen molar-refractivity contribution in [2.75, 3.05) is 12.8 Å². The van der Waals surface area contributed by atoms with Gasteiger partial charge in [-0.25, -0.2) is 4.79 Å². The van der Waals surface area contributed by atoms with E-state index in [4.69, 9.17) is 5.73 Å². The minimum atomic E-state index is -0.588. The van der Waals surface area contributed by atoms with E-state index in [1.54, 1.807) is 11.6 Å². The Bertz CT molecular complexity index is 481. The van der Waals surface area contributed by atoms with Crippen molar-refractivity contribution in [3.63, 3.8) is 0 Å². The number of carbonyl (C=O) groups is 2. The average molecular weight is 267 g/mol. The molecule has 0 aliphatic rings. The molecule has 0 aromatic carbocycles. The fourth-order valence-corrected chi connectivity index (χ4v) is 1.86. The van der Waals surface area contributed by atoms with Gasteiger partial charge in [-0.15, -0.1) is 0 Å². The number of rotatable bonds is 4. The van der Waals surface area contributed by atoms with Crippen molar-refractivity contribution in [2.24, 2.45) is 0 Å². The minimum absolute atomic E-state index is 0.417. The number of anilines is 1. The molecule has 4 N–H and O–H groups in total. The van der Waals surface area contributed by atoms with Gasteiger partial charge in [0, 0.05) is 7.05 Å². The molecule has 0 fully saturated rings. The van der Waals surface area contributed by atoms with Gasteiger partial charge in [-0.3, -0.25) is 14.8 Å². The van der Waals surface area contributed by atoms with Crippen molar-refractivity contribution in [1.29, 1.82) is 0 Å². The normalized spacial score (nSPS) is 12.0. The lowest BCUT2D eigenvalue weighted by atomic mass is 10.2. The first-order chi connectivity index (χ1) is 8.96. The van der Waals surface area contributed by atoms with Crippen molar-refractivity contribution in [1.82, 2.24) is 20.4 Å². The fraction of sp³-hybridized carbons (Fsp3) is 0.583. The van der Waals surface area contributed by atoms with Gasteiger partial charge in [0.25, 0.3) is 5.91 Å². The number of carbonyl (C=O) groups excluding carboxylic acids is 2. The monoisotopic (exact) mass is 267 g/mol. The minimum Gasteiger partial charge on any atom is -0.396 e. The van der Waals surface area contributed by atoms with Crippen molar-refractivity contribution in [3.05, 3.63) is 11.4 Å². The Labute approximate surface area is 112 Å². The Morgan fingerprint density at radius 1 is 1.37 bits per heavy atom. The molecule has 7 nitrogen and oxygen atoms in total. The van der Waals surface area contributed by atoms with Gasteiger partial charge in [-0.05, 0) is 19.8 Å². The Morgan fingerprint density at radius 3 is 2.47 bits per heavy atom. The third-order valence-electron chi connectivity index (χ3n) is 3.01. The molecule has 1 aromatic rings. The zero-order valence-corrected chi connectivity index (χ0v) is 11.8. The Hall–Kier alpha value is -2.05. The van der Waals surface area contributed by atoms with E-state index in [0.29, 0.717) is 18.5 Å².